The van der Waals surface area contributed by atoms with Gasteiger partial charge in [0.05, 0.1) is 0 Å². The normalized spacial score (nSPS) is 21.2. The van der Waals surface area contributed by atoms with Crippen LogP contribution in [-0.2, 0) is 0 Å². The van der Waals surface area contributed by atoms with Crippen LogP contribution in [0.1, 0.15) is 45.4 Å². The molecule has 0 bridgehead atoms. The van der Waals surface area contributed by atoms with Crippen LogP contribution >= 0.6 is 0 Å². The minimum absolute atomic E-state index is 0.177. The third-order valence-electron chi connectivity index (χ3n) is 4.39. The van der Waals surface area contributed by atoms with E-state index in [9.17, 15) is 0 Å². The molecule has 2 heterocycles. The van der Waals surface area contributed by atoms with E-state index >= 15 is 0 Å². The van der Waals surface area contributed by atoms with Crippen molar-refractivity contribution in [2.45, 2.75) is 51.0 Å². The molecule has 0 unspecified atom stereocenters. The average Bonchev–Trinajstić information content (AvgIpc) is 2.87. The predicted octanol–water partition coefficient (Wildman–Crippen LogP) is 1.80. The zero-order chi connectivity index (χ0) is 13.3. The summed E-state index contributed by atoms with van der Waals surface area (Å²) >= 11 is 0. The van der Waals surface area contributed by atoms with E-state index in [0.717, 1.165) is 25.5 Å². The fourth-order valence-electron chi connectivity index (χ4n) is 2.90. The van der Waals surface area contributed by atoms with Crippen LogP contribution in [0.2, 0.25) is 0 Å². The van der Waals surface area contributed by atoms with Crippen molar-refractivity contribution in [3.63, 3.8) is 0 Å². The molecule has 1 aliphatic heterocycles. The van der Waals surface area contributed by atoms with Crippen LogP contribution in [0.4, 0.5) is 17.8 Å². The van der Waals surface area contributed by atoms with Gasteiger partial charge in [-0.25, -0.2) is 0 Å². The van der Waals surface area contributed by atoms with E-state index in [1.807, 2.05) is 0 Å². The van der Waals surface area contributed by atoms with Gasteiger partial charge in [-0.05, 0) is 38.5 Å². The van der Waals surface area contributed by atoms with Gasteiger partial charge in [0.2, 0.25) is 17.8 Å². The summed E-state index contributed by atoms with van der Waals surface area (Å²) in [6, 6.07) is 0. The lowest BCUT2D eigenvalue weighted by molar-refractivity contribution is 0.268. The maximum Gasteiger partial charge on any atom is 0.231 e. The van der Waals surface area contributed by atoms with E-state index in [2.05, 4.69) is 32.1 Å². The van der Waals surface area contributed by atoms with Crippen molar-refractivity contribution in [3.8, 4) is 0 Å². The van der Waals surface area contributed by atoms with Gasteiger partial charge in [-0.3, -0.25) is 0 Å². The summed E-state index contributed by atoms with van der Waals surface area (Å²) in [6.07, 6.45) is 7.15. The monoisotopic (exact) mass is 262 g/mol. The summed E-state index contributed by atoms with van der Waals surface area (Å²) in [5, 5.41) is 3.48. The van der Waals surface area contributed by atoms with Crippen LogP contribution in [0.3, 0.4) is 0 Å². The van der Waals surface area contributed by atoms with Gasteiger partial charge in [-0.1, -0.05) is 6.92 Å². The van der Waals surface area contributed by atoms with Crippen LogP contribution < -0.4 is 16.0 Å². The number of nitrogens with one attached hydrogen (secondary N) is 1. The molecule has 6 heteroatoms. The Labute approximate surface area is 113 Å². The van der Waals surface area contributed by atoms with Gasteiger partial charge in [0, 0.05) is 18.6 Å². The Kier molecular flexibility index (Phi) is 3.16. The number of nitrogen functional groups attached to an aromatic ring is 1. The highest BCUT2D eigenvalue weighted by Gasteiger charge is 2.35. The molecule has 6 nitrogen and oxygen atoms in total. The van der Waals surface area contributed by atoms with Crippen LogP contribution in [-0.4, -0.2) is 33.6 Å². The molecule has 1 saturated heterocycles. The molecule has 1 aromatic heterocycles. The van der Waals surface area contributed by atoms with E-state index in [0.29, 0.717) is 11.9 Å². The average molecular weight is 262 g/mol. The van der Waals surface area contributed by atoms with Crippen molar-refractivity contribution in [1.29, 1.82) is 0 Å². The number of nitrogens with zero attached hydrogens (tertiary/aromatic N) is 4. The molecule has 2 aliphatic rings. The number of anilines is 3. The van der Waals surface area contributed by atoms with Crippen molar-refractivity contribution in [1.82, 2.24) is 15.0 Å². The minimum Gasteiger partial charge on any atom is -0.368 e. The van der Waals surface area contributed by atoms with Gasteiger partial charge >= 0.3 is 0 Å². The lowest BCUT2D eigenvalue weighted by Gasteiger charge is -2.42. The number of aromatic nitrogens is 3. The zero-order valence-corrected chi connectivity index (χ0v) is 11.5. The highest BCUT2D eigenvalue weighted by Crippen LogP contribution is 2.37. The Morgan fingerprint density at radius 3 is 2.47 bits per heavy atom. The molecule has 1 saturated carbocycles. The van der Waals surface area contributed by atoms with E-state index in [4.69, 9.17) is 5.73 Å². The Bertz CT molecular complexity index is 445. The Morgan fingerprint density at radius 1 is 1.16 bits per heavy atom. The molecule has 104 valence electrons. The Morgan fingerprint density at radius 2 is 1.89 bits per heavy atom. The number of hydrogen-bond donors (Lipinski definition) is 2. The lowest BCUT2D eigenvalue weighted by atomic mass is 9.75. The third kappa shape index (κ3) is 2.43. The summed E-state index contributed by atoms with van der Waals surface area (Å²) in [6.45, 7) is 4.24. The largest absolute Gasteiger partial charge is 0.368 e. The van der Waals surface area contributed by atoms with E-state index in [1.165, 1.54) is 32.1 Å². The second-order valence-electron chi connectivity index (χ2n) is 5.62. The maximum atomic E-state index is 5.82. The molecule has 1 aromatic rings. The summed E-state index contributed by atoms with van der Waals surface area (Å²) in [7, 11) is 0. The molecule has 3 N–H and O–H groups in total. The van der Waals surface area contributed by atoms with Gasteiger partial charge in [-0.2, -0.15) is 15.0 Å². The first kappa shape index (κ1) is 12.4. The van der Waals surface area contributed by atoms with Crippen molar-refractivity contribution in [3.05, 3.63) is 0 Å². The molecule has 0 spiro atoms. The first-order chi connectivity index (χ1) is 9.21. The van der Waals surface area contributed by atoms with Crippen LogP contribution in [0.5, 0.6) is 0 Å². The van der Waals surface area contributed by atoms with Gasteiger partial charge in [-0.15, -0.1) is 0 Å². The number of hydrogen-bond acceptors (Lipinski definition) is 6. The fraction of sp³-hybridized carbons (Fsp3) is 0.769. The highest BCUT2D eigenvalue weighted by molar-refractivity contribution is 5.44. The lowest BCUT2D eigenvalue weighted by Crippen LogP contribution is -2.45. The van der Waals surface area contributed by atoms with E-state index < -0.39 is 0 Å². The van der Waals surface area contributed by atoms with Gasteiger partial charge < -0.3 is 16.0 Å². The van der Waals surface area contributed by atoms with Gasteiger partial charge in [0.25, 0.3) is 0 Å². The minimum atomic E-state index is 0.177. The summed E-state index contributed by atoms with van der Waals surface area (Å²) in [4.78, 5) is 15.2. The highest BCUT2D eigenvalue weighted by atomic mass is 15.3. The Balaban J connectivity index is 1.81. The summed E-state index contributed by atoms with van der Waals surface area (Å²) < 4.78 is 0. The molecule has 0 radical (unpaired) electrons. The molecule has 0 amide bonds. The maximum absolute atomic E-state index is 5.82. The first-order valence-electron chi connectivity index (χ1n) is 7.25. The van der Waals surface area contributed by atoms with E-state index in [1.54, 1.807) is 0 Å². The van der Waals surface area contributed by atoms with Crippen molar-refractivity contribution >= 4 is 17.8 Å². The molecular weight excluding hydrogens is 240 g/mol. The number of nitrogens with two attached hydrogens (primary N) is 1. The standard InChI is InChI=1S/C13H22N6/c1-2-13(6-5-7-13)18-11-15-10(14)16-12(17-11)19-8-3-4-9-19/h2-9H2,1H3,(H3,14,15,16,17,18). The third-order valence-corrected chi connectivity index (χ3v) is 4.39. The topological polar surface area (TPSA) is 80.0 Å². The van der Waals surface area contributed by atoms with Crippen molar-refractivity contribution < 1.29 is 0 Å². The molecular formula is C13H22N6. The molecule has 0 aromatic carbocycles. The molecule has 1 aliphatic carbocycles. The molecule has 19 heavy (non-hydrogen) atoms. The quantitative estimate of drug-likeness (QED) is 0.861. The van der Waals surface area contributed by atoms with Crippen LogP contribution in [0.15, 0.2) is 0 Å². The molecule has 2 fully saturated rings. The summed E-state index contributed by atoms with van der Waals surface area (Å²) in [5.41, 5.74) is 5.99. The smallest absolute Gasteiger partial charge is 0.231 e. The fourth-order valence-corrected chi connectivity index (χ4v) is 2.90. The van der Waals surface area contributed by atoms with Crippen LogP contribution in [0.25, 0.3) is 0 Å². The molecule has 3 rings (SSSR count). The number of rotatable bonds is 4. The van der Waals surface area contributed by atoms with Crippen LogP contribution in [0, 0.1) is 0 Å². The molecule has 0 atom stereocenters. The zero-order valence-electron chi connectivity index (χ0n) is 11.5. The van der Waals surface area contributed by atoms with E-state index in [-0.39, 0.29) is 5.54 Å². The second-order valence-corrected chi connectivity index (χ2v) is 5.62. The van der Waals surface area contributed by atoms with Crippen molar-refractivity contribution in [2.24, 2.45) is 0 Å². The predicted molar refractivity (Wildman–Crippen MR) is 76.2 cm³/mol. The Hall–Kier alpha value is -1.59. The van der Waals surface area contributed by atoms with Crippen molar-refractivity contribution in [2.75, 3.05) is 29.0 Å². The summed E-state index contributed by atoms with van der Waals surface area (Å²) in [5.74, 6) is 1.67. The van der Waals surface area contributed by atoms with Gasteiger partial charge in [0.1, 0.15) is 0 Å². The van der Waals surface area contributed by atoms with Gasteiger partial charge in [0.15, 0.2) is 0 Å². The SMILES string of the molecule is CCC1(Nc2nc(N)nc(N3CCCC3)n2)CCC1. The first-order valence-corrected chi connectivity index (χ1v) is 7.25. The second kappa shape index (κ2) is 4.83.